The minimum absolute atomic E-state index is 0.455. The van der Waals surface area contributed by atoms with Crippen LogP contribution < -0.4 is 5.32 Å². The first-order valence-electron chi connectivity index (χ1n) is 6.58. The lowest BCUT2D eigenvalue weighted by Gasteiger charge is -2.21. The minimum atomic E-state index is -3.30. The predicted molar refractivity (Wildman–Crippen MR) is 78.8 cm³/mol. The van der Waals surface area contributed by atoms with Crippen molar-refractivity contribution in [1.29, 1.82) is 0 Å². The van der Waals surface area contributed by atoms with Crippen molar-refractivity contribution in [2.24, 2.45) is 0 Å². The molecular formula is C13H20N2O2S2. The molecule has 4 nitrogen and oxygen atoms in total. The van der Waals surface area contributed by atoms with Crippen LogP contribution in [0.3, 0.4) is 0 Å². The second-order valence-electron chi connectivity index (χ2n) is 4.57. The average molecular weight is 300 g/mol. The van der Waals surface area contributed by atoms with E-state index in [-0.39, 0.29) is 0 Å². The van der Waals surface area contributed by atoms with Gasteiger partial charge in [0, 0.05) is 19.6 Å². The Morgan fingerprint density at radius 1 is 1.42 bits per heavy atom. The van der Waals surface area contributed by atoms with Gasteiger partial charge in [-0.2, -0.15) is 4.31 Å². The first kappa shape index (κ1) is 14.7. The molecule has 0 bridgehead atoms. The summed E-state index contributed by atoms with van der Waals surface area (Å²) in [6, 6.07) is 1.79. The van der Waals surface area contributed by atoms with E-state index in [4.69, 9.17) is 0 Å². The van der Waals surface area contributed by atoms with Gasteiger partial charge in [0.15, 0.2) is 0 Å². The summed E-state index contributed by atoms with van der Waals surface area (Å²) in [5.74, 6) is 0. The Bertz CT molecular complexity index is 535. The zero-order valence-corrected chi connectivity index (χ0v) is 12.8. The van der Waals surface area contributed by atoms with Gasteiger partial charge in [0.1, 0.15) is 4.21 Å². The molecule has 6 heteroatoms. The number of sulfonamides is 1. The largest absolute Gasteiger partial charge is 0.313 e. The van der Waals surface area contributed by atoms with Gasteiger partial charge in [-0.15, -0.1) is 11.3 Å². The molecule has 0 fully saturated rings. The standard InChI is InChI=1S/C13H20N2O2S2/c1-2-6-14-10-12-9-13(18-11-12)19(16,17)15-7-4-3-5-8-15/h3-4,9,11,14H,2,5-8,10H2,1H3. The maximum absolute atomic E-state index is 12.4. The van der Waals surface area contributed by atoms with Crippen molar-refractivity contribution in [2.45, 2.75) is 30.5 Å². The predicted octanol–water partition coefficient (Wildman–Crippen LogP) is 2.20. The van der Waals surface area contributed by atoms with Crippen molar-refractivity contribution >= 4 is 21.4 Å². The van der Waals surface area contributed by atoms with E-state index in [2.05, 4.69) is 12.2 Å². The van der Waals surface area contributed by atoms with E-state index in [1.54, 1.807) is 10.4 Å². The number of rotatable bonds is 6. The summed E-state index contributed by atoms with van der Waals surface area (Å²) in [5, 5.41) is 5.21. The van der Waals surface area contributed by atoms with E-state index in [1.165, 1.54) is 11.3 Å². The molecule has 0 spiro atoms. The highest BCUT2D eigenvalue weighted by Gasteiger charge is 2.25. The fraction of sp³-hybridized carbons (Fsp3) is 0.538. The Morgan fingerprint density at radius 3 is 2.95 bits per heavy atom. The molecule has 0 amide bonds. The van der Waals surface area contributed by atoms with Crippen LogP contribution in [0.2, 0.25) is 0 Å². The zero-order valence-electron chi connectivity index (χ0n) is 11.1. The lowest BCUT2D eigenvalue weighted by atomic mass is 10.3. The van der Waals surface area contributed by atoms with Crippen molar-refractivity contribution in [3.05, 3.63) is 29.2 Å². The van der Waals surface area contributed by atoms with Gasteiger partial charge in [0.05, 0.1) is 0 Å². The van der Waals surface area contributed by atoms with Gasteiger partial charge in [-0.3, -0.25) is 0 Å². The lowest BCUT2D eigenvalue weighted by molar-refractivity contribution is 0.439. The van der Waals surface area contributed by atoms with Gasteiger partial charge in [-0.25, -0.2) is 8.42 Å². The molecule has 0 radical (unpaired) electrons. The van der Waals surface area contributed by atoms with Gasteiger partial charge < -0.3 is 5.32 Å². The number of nitrogens with zero attached hydrogens (tertiary/aromatic N) is 1. The molecule has 1 aromatic heterocycles. The zero-order chi connectivity index (χ0) is 13.7. The monoisotopic (exact) mass is 300 g/mol. The summed E-state index contributed by atoms with van der Waals surface area (Å²) in [7, 11) is -3.30. The quantitative estimate of drug-likeness (QED) is 0.647. The summed E-state index contributed by atoms with van der Waals surface area (Å²) in [5.41, 5.74) is 1.05. The second kappa shape index (κ2) is 6.65. The lowest BCUT2D eigenvalue weighted by Crippen LogP contribution is -2.33. The smallest absolute Gasteiger partial charge is 0.252 e. The van der Waals surface area contributed by atoms with Crippen molar-refractivity contribution in [3.8, 4) is 0 Å². The molecule has 2 heterocycles. The Hall–Kier alpha value is -0.690. The molecule has 0 atom stereocenters. The van der Waals surface area contributed by atoms with Crippen LogP contribution in [0.25, 0.3) is 0 Å². The molecule has 1 aliphatic heterocycles. The fourth-order valence-corrected chi connectivity index (χ4v) is 4.72. The third-order valence-corrected chi connectivity index (χ3v) is 6.33. The van der Waals surface area contributed by atoms with Gasteiger partial charge in [-0.1, -0.05) is 19.1 Å². The van der Waals surface area contributed by atoms with Crippen LogP contribution in [0.15, 0.2) is 27.8 Å². The van der Waals surface area contributed by atoms with Crippen molar-refractivity contribution in [2.75, 3.05) is 19.6 Å². The first-order chi connectivity index (χ1) is 9.14. The Labute approximate surface area is 119 Å². The Kier molecular flexibility index (Phi) is 5.15. The molecule has 0 saturated heterocycles. The molecular weight excluding hydrogens is 280 g/mol. The van der Waals surface area contributed by atoms with E-state index >= 15 is 0 Å². The Balaban J connectivity index is 2.06. The van der Waals surface area contributed by atoms with Crippen LogP contribution in [0.5, 0.6) is 0 Å². The van der Waals surface area contributed by atoms with Crippen LogP contribution in [-0.2, 0) is 16.6 Å². The molecule has 0 unspecified atom stereocenters. The number of thiophene rings is 1. The molecule has 0 aromatic carbocycles. The summed E-state index contributed by atoms with van der Waals surface area (Å²) in [4.78, 5) is 0. The van der Waals surface area contributed by atoms with Gasteiger partial charge in [0.2, 0.25) is 0 Å². The molecule has 19 heavy (non-hydrogen) atoms. The average Bonchev–Trinajstić information content (AvgIpc) is 2.90. The second-order valence-corrected chi connectivity index (χ2v) is 7.65. The normalized spacial score (nSPS) is 16.9. The molecule has 1 aliphatic rings. The number of hydrogen-bond donors (Lipinski definition) is 1. The molecule has 106 valence electrons. The van der Waals surface area contributed by atoms with Gasteiger partial charge >= 0.3 is 0 Å². The van der Waals surface area contributed by atoms with E-state index < -0.39 is 10.0 Å². The number of hydrogen-bond acceptors (Lipinski definition) is 4. The summed E-state index contributed by atoms with van der Waals surface area (Å²) >= 11 is 1.31. The highest BCUT2D eigenvalue weighted by atomic mass is 32.2. The highest BCUT2D eigenvalue weighted by molar-refractivity contribution is 7.91. The van der Waals surface area contributed by atoms with Crippen LogP contribution >= 0.6 is 11.3 Å². The first-order valence-corrected chi connectivity index (χ1v) is 8.90. The molecule has 0 saturated carbocycles. The van der Waals surface area contributed by atoms with Crippen LogP contribution in [-0.4, -0.2) is 32.4 Å². The summed E-state index contributed by atoms with van der Waals surface area (Å²) in [6.07, 6.45) is 5.82. The maximum atomic E-state index is 12.4. The van der Waals surface area contributed by atoms with Crippen LogP contribution in [0, 0.1) is 0 Å². The summed E-state index contributed by atoms with van der Waals surface area (Å²) in [6.45, 7) is 4.87. The van der Waals surface area contributed by atoms with Crippen LogP contribution in [0.1, 0.15) is 25.3 Å². The van der Waals surface area contributed by atoms with Crippen molar-refractivity contribution < 1.29 is 8.42 Å². The van der Waals surface area contributed by atoms with E-state index in [0.29, 0.717) is 17.3 Å². The summed E-state index contributed by atoms with van der Waals surface area (Å²) < 4.78 is 26.8. The molecule has 2 rings (SSSR count). The third-order valence-electron chi connectivity index (χ3n) is 3.00. The van der Waals surface area contributed by atoms with E-state index in [0.717, 1.165) is 31.5 Å². The SMILES string of the molecule is CCCNCc1csc(S(=O)(=O)N2CC=CCC2)c1. The van der Waals surface area contributed by atoms with Crippen molar-refractivity contribution in [1.82, 2.24) is 9.62 Å². The number of nitrogens with one attached hydrogen (secondary N) is 1. The molecule has 0 aliphatic carbocycles. The third kappa shape index (κ3) is 3.66. The van der Waals surface area contributed by atoms with Gasteiger partial charge in [0.25, 0.3) is 10.0 Å². The molecule has 1 N–H and O–H groups in total. The topological polar surface area (TPSA) is 49.4 Å². The minimum Gasteiger partial charge on any atom is -0.313 e. The van der Waals surface area contributed by atoms with E-state index in [9.17, 15) is 8.42 Å². The maximum Gasteiger partial charge on any atom is 0.252 e. The highest BCUT2D eigenvalue weighted by Crippen LogP contribution is 2.25. The Morgan fingerprint density at radius 2 is 2.26 bits per heavy atom. The van der Waals surface area contributed by atoms with E-state index in [1.807, 2.05) is 17.5 Å². The van der Waals surface area contributed by atoms with Crippen LogP contribution in [0.4, 0.5) is 0 Å². The van der Waals surface area contributed by atoms with Gasteiger partial charge in [-0.05, 0) is 36.4 Å². The fourth-order valence-electron chi connectivity index (χ4n) is 1.96. The van der Waals surface area contributed by atoms with Crippen molar-refractivity contribution in [3.63, 3.8) is 0 Å². The molecule has 1 aromatic rings.